The van der Waals surface area contributed by atoms with E-state index in [4.69, 9.17) is 4.74 Å². The Kier molecular flexibility index (Phi) is 5.11. The van der Waals surface area contributed by atoms with Crippen LogP contribution in [0.4, 0.5) is 0 Å². The predicted molar refractivity (Wildman–Crippen MR) is 68.1 cm³/mol. The van der Waals surface area contributed by atoms with Crippen molar-refractivity contribution >= 4 is 10.0 Å². The minimum atomic E-state index is -3.26. The number of methoxy groups -OCH3 is 1. The zero-order chi connectivity index (χ0) is 12.9. The molecule has 0 aromatic heterocycles. The Morgan fingerprint density at radius 3 is 2.53 bits per heavy atom. The van der Waals surface area contributed by atoms with Crippen LogP contribution in [0, 0.1) is 0 Å². The third-order valence-electron chi connectivity index (χ3n) is 2.07. The normalized spacial score (nSPS) is 12.0. The first kappa shape index (κ1) is 14.2. The SMILES string of the molecule is COCc1cccc(CS(=O)(=O)NC(C)C)c1. The summed E-state index contributed by atoms with van der Waals surface area (Å²) in [6.45, 7) is 4.10. The fourth-order valence-electron chi connectivity index (χ4n) is 1.60. The molecule has 1 aromatic carbocycles. The molecule has 0 aliphatic carbocycles. The molecule has 1 aromatic rings. The third-order valence-corrected chi connectivity index (χ3v) is 3.62. The molecule has 0 aliphatic heterocycles. The van der Waals surface area contributed by atoms with Crippen LogP contribution in [0.1, 0.15) is 25.0 Å². The second-order valence-corrected chi connectivity index (χ2v) is 6.04. The first-order valence-corrected chi connectivity index (χ1v) is 7.15. The van der Waals surface area contributed by atoms with E-state index in [1.807, 2.05) is 18.2 Å². The summed E-state index contributed by atoms with van der Waals surface area (Å²) >= 11 is 0. The smallest absolute Gasteiger partial charge is 0.216 e. The van der Waals surface area contributed by atoms with Crippen LogP contribution in [-0.4, -0.2) is 21.6 Å². The highest BCUT2D eigenvalue weighted by Crippen LogP contribution is 2.09. The van der Waals surface area contributed by atoms with Crippen LogP contribution in [0.5, 0.6) is 0 Å². The van der Waals surface area contributed by atoms with E-state index >= 15 is 0 Å². The summed E-state index contributed by atoms with van der Waals surface area (Å²) in [5.41, 5.74) is 1.75. The van der Waals surface area contributed by atoms with Crippen molar-refractivity contribution in [3.05, 3.63) is 35.4 Å². The zero-order valence-corrected chi connectivity index (χ0v) is 11.3. The summed E-state index contributed by atoms with van der Waals surface area (Å²) in [6, 6.07) is 7.33. The lowest BCUT2D eigenvalue weighted by molar-refractivity contribution is 0.185. The minimum absolute atomic E-state index is 0.00271. The van der Waals surface area contributed by atoms with Crippen LogP contribution in [0.25, 0.3) is 0 Å². The van der Waals surface area contributed by atoms with Gasteiger partial charge in [0, 0.05) is 13.2 Å². The van der Waals surface area contributed by atoms with Gasteiger partial charge < -0.3 is 4.74 Å². The van der Waals surface area contributed by atoms with Crippen LogP contribution in [0.2, 0.25) is 0 Å². The highest BCUT2D eigenvalue weighted by Gasteiger charge is 2.12. The van der Waals surface area contributed by atoms with Gasteiger partial charge in [0.2, 0.25) is 10.0 Å². The fourth-order valence-corrected chi connectivity index (χ4v) is 3.02. The van der Waals surface area contributed by atoms with Crippen molar-refractivity contribution in [1.82, 2.24) is 4.72 Å². The standard InChI is InChI=1S/C12H19NO3S/c1-10(2)13-17(14,15)9-12-6-4-5-11(7-12)8-16-3/h4-7,10,13H,8-9H2,1-3H3. The van der Waals surface area contributed by atoms with Crippen molar-refractivity contribution in [3.63, 3.8) is 0 Å². The van der Waals surface area contributed by atoms with E-state index in [2.05, 4.69) is 4.72 Å². The summed E-state index contributed by atoms with van der Waals surface area (Å²) in [6.07, 6.45) is 0. The lowest BCUT2D eigenvalue weighted by atomic mass is 10.1. The Labute approximate surface area is 103 Å². The Morgan fingerprint density at radius 1 is 1.29 bits per heavy atom. The van der Waals surface area contributed by atoms with E-state index in [1.165, 1.54) is 0 Å². The van der Waals surface area contributed by atoms with Crippen molar-refractivity contribution in [2.24, 2.45) is 0 Å². The quantitative estimate of drug-likeness (QED) is 0.843. The van der Waals surface area contributed by atoms with Gasteiger partial charge in [0.25, 0.3) is 0 Å². The van der Waals surface area contributed by atoms with E-state index in [0.717, 1.165) is 11.1 Å². The molecule has 0 bridgehead atoms. The third kappa shape index (κ3) is 5.30. The Hall–Kier alpha value is -0.910. The second-order valence-electron chi connectivity index (χ2n) is 4.28. The number of nitrogens with one attached hydrogen (secondary N) is 1. The van der Waals surface area contributed by atoms with E-state index < -0.39 is 10.0 Å². The molecule has 1 N–H and O–H groups in total. The van der Waals surface area contributed by atoms with Gasteiger partial charge in [-0.3, -0.25) is 0 Å². The van der Waals surface area contributed by atoms with Crippen molar-refractivity contribution < 1.29 is 13.2 Å². The van der Waals surface area contributed by atoms with Gasteiger partial charge in [0.05, 0.1) is 12.4 Å². The number of rotatable bonds is 6. The molecule has 0 saturated heterocycles. The van der Waals surface area contributed by atoms with Crippen LogP contribution in [0.15, 0.2) is 24.3 Å². The molecule has 0 amide bonds. The second kappa shape index (κ2) is 6.14. The van der Waals surface area contributed by atoms with Crippen molar-refractivity contribution in [2.45, 2.75) is 32.2 Å². The molecule has 0 radical (unpaired) electrons. The van der Waals surface area contributed by atoms with E-state index in [0.29, 0.717) is 6.61 Å². The highest BCUT2D eigenvalue weighted by molar-refractivity contribution is 7.88. The minimum Gasteiger partial charge on any atom is -0.380 e. The van der Waals surface area contributed by atoms with Crippen LogP contribution < -0.4 is 4.72 Å². The summed E-state index contributed by atoms with van der Waals surface area (Å²) < 4.78 is 31.0. The maximum atomic E-state index is 11.7. The number of sulfonamides is 1. The lowest BCUT2D eigenvalue weighted by Crippen LogP contribution is -2.31. The largest absolute Gasteiger partial charge is 0.380 e. The molecule has 0 unspecified atom stereocenters. The molecule has 0 saturated carbocycles. The Morgan fingerprint density at radius 2 is 1.94 bits per heavy atom. The van der Waals surface area contributed by atoms with Crippen molar-refractivity contribution in [2.75, 3.05) is 7.11 Å². The van der Waals surface area contributed by atoms with Gasteiger partial charge in [-0.25, -0.2) is 13.1 Å². The first-order valence-electron chi connectivity index (χ1n) is 5.49. The van der Waals surface area contributed by atoms with Crippen LogP contribution in [-0.2, 0) is 27.1 Å². The van der Waals surface area contributed by atoms with Gasteiger partial charge >= 0.3 is 0 Å². The average molecular weight is 257 g/mol. The van der Waals surface area contributed by atoms with Gasteiger partial charge in [-0.15, -0.1) is 0 Å². The maximum Gasteiger partial charge on any atom is 0.216 e. The maximum absolute atomic E-state index is 11.7. The van der Waals surface area contributed by atoms with Gasteiger partial charge in [0.15, 0.2) is 0 Å². The number of benzene rings is 1. The first-order chi connectivity index (χ1) is 7.93. The molecule has 17 heavy (non-hydrogen) atoms. The number of hydrogen-bond donors (Lipinski definition) is 1. The molecule has 0 aliphatic rings. The monoisotopic (exact) mass is 257 g/mol. The van der Waals surface area contributed by atoms with Gasteiger partial charge in [-0.2, -0.15) is 0 Å². The van der Waals surface area contributed by atoms with Gasteiger partial charge in [-0.05, 0) is 25.0 Å². The van der Waals surface area contributed by atoms with E-state index in [-0.39, 0.29) is 11.8 Å². The molecule has 1 rings (SSSR count). The van der Waals surface area contributed by atoms with Crippen LogP contribution >= 0.6 is 0 Å². The van der Waals surface area contributed by atoms with E-state index in [9.17, 15) is 8.42 Å². The molecule has 0 spiro atoms. The summed E-state index contributed by atoms with van der Waals surface area (Å²) in [7, 11) is -1.64. The molecule has 0 atom stereocenters. The molecule has 4 nitrogen and oxygen atoms in total. The van der Waals surface area contributed by atoms with Crippen molar-refractivity contribution in [1.29, 1.82) is 0 Å². The zero-order valence-electron chi connectivity index (χ0n) is 10.4. The summed E-state index contributed by atoms with van der Waals surface area (Å²) in [5.74, 6) is 0.00271. The molecular weight excluding hydrogens is 238 g/mol. The fraction of sp³-hybridized carbons (Fsp3) is 0.500. The molecular formula is C12H19NO3S. The molecule has 5 heteroatoms. The number of ether oxygens (including phenoxy) is 1. The number of hydrogen-bond acceptors (Lipinski definition) is 3. The molecule has 0 fully saturated rings. The average Bonchev–Trinajstić information content (AvgIpc) is 2.15. The van der Waals surface area contributed by atoms with E-state index in [1.54, 1.807) is 27.0 Å². The topological polar surface area (TPSA) is 55.4 Å². The molecule has 96 valence electrons. The predicted octanol–water partition coefficient (Wildman–Crippen LogP) is 1.66. The van der Waals surface area contributed by atoms with Crippen molar-refractivity contribution in [3.8, 4) is 0 Å². The van der Waals surface area contributed by atoms with Gasteiger partial charge in [0.1, 0.15) is 0 Å². The lowest BCUT2D eigenvalue weighted by Gasteiger charge is -2.10. The van der Waals surface area contributed by atoms with Crippen LogP contribution in [0.3, 0.4) is 0 Å². The summed E-state index contributed by atoms with van der Waals surface area (Å²) in [5, 5.41) is 0. The highest BCUT2D eigenvalue weighted by atomic mass is 32.2. The van der Waals surface area contributed by atoms with Gasteiger partial charge in [-0.1, -0.05) is 24.3 Å². The molecule has 0 heterocycles. The Balaban J connectivity index is 2.77. The Bertz CT molecular complexity index is 455. The summed E-state index contributed by atoms with van der Waals surface area (Å²) in [4.78, 5) is 0.